The van der Waals surface area contributed by atoms with Crippen molar-refractivity contribution in [1.82, 2.24) is 20.5 Å². The Kier molecular flexibility index (Phi) is 7.04. The molecular weight excluding hydrogens is 318 g/mol. The molecule has 24 heavy (non-hydrogen) atoms. The van der Waals surface area contributed by atoms with Gasteiger partial charge < -0.3 is 10.6 Å². The van der Waals surface area contributed by atoms with Gasteiger partial charge in [-0.05, 0) is 39.8 Å². The lowest BCUT2D eigenvalue weighted by atomic mass is 9.98. The SMILES string of the molecule is CN=C(NCc1csc(C(C)C)n1)NCC(C)(C)N1CCCCC1. The lowest BCUT2D eigenvalue weighted by Gasteiger charge is -2.41. The predicted octanol–water partition coefficient (Wildman–Crippen LogP) is 3.20. The highest BCUT2D eigenvalue weighted by molar-refractivity contribution is 7.09. The molecule has 1 aromatic rings. The maximum Gasteiger partial charge on any atom is 0.191 e. The summed E-state index contributed by atoms with van der Waals surface area (Å²) in [5.41, 5.74) is 1.23. The second kappa shape index (κ2) is 8.81. The van der Waals surface area contributed by atoms with Crippen molar-refractivity contribution in [3.05, 3.63) is 16.1 Å². The quantitative estimate of drug-likeness (QED) is 0.610. The molecule has 0 amide bonds. The van der Waals surface area contributed by atoms with Crippen LogP contribution in [0.3, 0.4) is 0 Å². The van der Waals surface area contributed by atoms with Crippen LogP contribution in [0.25, 0.3) is 0 Å². The van der Waals surface area contributed by atoms with Gasteiger partial charge in [0, 0.05) is 30.4 Å². The average molecular weight is 352 g/mol. The summed E-state index contributed by atoms with van der Waals surface area (Å²) in [5.74, 6) is 1.34. The Morgan fingerprint density at radius 3 is 2.58 bits per heavy atom. The van der Waals surface area contributed by atoms with E-state index < -0.39 is 0 Å². The molecule has 1 aliphatic rings. The van der Waals surface area contributed by atoms with Crippen LogP contribution in [0.4, 0.5) is 0 Å². The van der Waals surface area contributed by atoms with Gasteiger partial charge in [0.2, 0.25) is 0 Å². The number of thiazole rings is 1. The normalized spacial score (nSPS) is 17.3. The number of hydrogen-bond donors (Lipinski definition) is 2. The maximum absolute atomic E-state index is 4.66. The van der Waals surface area contributed by atoms with Crippen molar-refractivity contribution < 1.29 is 0 Å². The average Bonchev–Trinajstić information content (AvgIpc) is 3.05. The summed E-state index contributed by atoms with van der Waals surface area (Å²) in [5, 5.41) is 10.2. The van der Waals surface area contributed by atoms with Crippen molar-refractivity contribution in [3.63, 3.8) is 0 Å². The Labute approximate surface area is 151 Å². The molecule has 0 aromatic carbocycles. The Morgan fingerprint density at radius 1 is 1.29 bits per heavy atom. The molecule has 0 bridgehead atoms. The summed E-state index contributed by atoms with van der Waals surface area (Å²) in [6.45, 7) is 13.0. The third-order valence-corrected chi connectivity index (χ3v) is 5.82. The minimum absolute atomic E-state index is 0.142. The van der Waals surface area contributed by atoms with Crippen molar-refractivity contribution >= 4 is 17.3 Å². The molecule has 1 saturated heterocycles. The molecule has 0 aliphatic carbocycles. The summed E-state index contributed by atoms with van der Waals surface area (Å²) in [6.07, 6.45) is 4.01. The standard InChI is InChI=1S/C18H33N5S/c1-14(2)16-22-15(12-24-16)11-20-17(19-5)21-13-18(3,4)23-9-7-6-8-10-23/h12,14H,6-11,13H2,1-5H3,(H2,19,20,21). The zero-order valence-corrected chi connectivity index (χ0v) is 16.7. The monoisotopic (exact) mass is 351 g/mol. The third-order valence-electron chi connectivity index (χ3n) is 4.62. The van der Waals surface area contributed by atoms with Crippen LogP contribution in [-0.2, 0) is 6.54 Å². The molecule has 0 unspecified atom stereocenters. The van der Waals surface area contributed by atoms with Crippen LogP contribution < -0.4 is 10.6 Å². The number of nitrogens with one attached hydrogen (secondary N) is 2. The van der Waals surface area contributed by atoms with Gasteiger partial charge in [0.05, 0.1) is 17.2 Å². The number of likely N-dealkylation sites (tertiary alicyclic amines) is 1. The summed E-state index contributed by atoms with van der Waals surface area (Å²) in [7, 11) is 1.82. The molecule has 2 heterocycles. The van der Waals surface area contributed by atoms with Crippen LogP contribution in [0.15, 0.2) is 10.4 Å². The van der Waals surface area contributed by atoms with E-state index in [1.165, 1.54) is 37.4 Å². The molecule has 2 rings (SSSR count). The predicted molar refractivity (Wildman–Crippen MR) is 104 cm³/mol. The molecule has 0 atom stereocenters. The highest BCUT2D eigenvalue weighted by Gasteiger charge is 2.27. The van der Waals surface area contributed by atoms with Gasteiger partial charge >= 0.3 is 0 Å². The molecule has 0 saturated carbocycles. The smallest absolute Gasteiger partial charge is 0.191 e. The number of rotatable bonds is 6. The van der Waals surface area contributed by atoms with E-state index in [0.717, 1.165) is 18.2 Å². The third kappa shape index (κ3) is 5.45. The van der Waals surface area contributed by atoms with E-state index in [4.69, 9.17) is 0 Å². The molecule has 6 heteroatoms. The van der Waals surface area contributed by atoms with Crippen LogP contribution >= 0.6 is 11.3 Å². The van der Waals surface area contributed by atoms with Crippen molar-refractivity contribution in [3.8, 4) is 0 Å². The molecule has 1 aromatic heterocycles. The van der Waals surface area contributed by atoms with Crippen molar-refractivity contribution in [1.29, 1.82) is 0 Å². The minimum atomic E-state index is 0.142. The van der Waals surface area contributed by atoms with E-state index in [9.17, 15) is 0 Å². The maximum atomic E-state index is 4.66. The Bertz CT molecular complexity index is 529. The number of aliphatic imine (C=N–C) groups is 1. The summed E-state index contributed by atoms with van der Waals surface area (Å²) >= 11 is 1.74. The molecule has 5 nitrogen and oxygen atoms in total. The highest BCUT2D eigenvalue weighted by Crippen LogP contribution is 2.20. The van der Waals surface area contributed by atoms with E-state index in [1.54, 1.807) is 11.3 Å². The second-order valence-corrected chi connectivity index (χ2v) is 8.36. The molecule has 2 N–H and O–H groups in total. The van der Waals surface area contributed by atoms with Gasteiger partial charge in [-0.3, -0.25) is 9.89 Å². The van der Waals surface area contributed by atoms with Gasteiger partial charge in [0.1, 0.15) is 0 Å². The van der Waals surface area contributed by atoms with Gasteiger partial charge in [0.15, 0.2) is 5.96 Å². The van der Waals surface area contributed by atoms with Crippen molar-refractivity contribution in [2.45, 2.75) is 65.0 Å². The molecule has 0 spiro atoms. The topological polar surface area (TPSA) is 52.6 Å². The number of nitrogens with zero attached hydrogens (tertiary/aromatic N) is 3. The minimum Gasteiger partial charge on any atom is -0.355 e. The Balaban J connectivity index is 1.81. The number of aromatic nitrogens is 1. The summed E-state index contributed by atoms with van der Waals surface area (Å²) < 4.78 is 0. The van der Waals surface area contributed by atoms with Crippen molar-refractivity contribution in [2.24, 2.45) is 4.99 Å². The zero-order chi connectivity index (χ0) is 17.6. The molecule has 0 radical (unpaired) electrons. The highest BCUT2D eigenvalue weighted by atomic mass is 32.1. The van der Waals surface area contributed by atoms with E-state index >= 15 is 0 Å². The lowest BCUT2D eigenvalue weighted by Crippen LogP contribution is -2.54. The molecule has 1 aliphatic heterocycles. The summed E-state index contributed by atoms with van der Waals surface area (Å²) in [4.78, 5) is 11.6. The lowest BCUT2D eigenvalue weighted by molar-refractivity contribution is 0.0982. The van der Waals surface area contributed by atoms with Gasteiger partial charge in [0.25, 0.3) is 0 Å². The van der Waals surface area contributed by atoms with E-state index in [0.29, 0.717) is 12.5 Å². The number of hydrogen-bond acceptors (Lipinski definition) is 4. The first-order chi connectivity index (χ1) is 11.4. The fourth-order valence-electron chi connectivity index (χ4n) is 2.97. The van der Waals surface area contributed by atoms with Crippen molar-refractivity contribution in [2.75, 3.05) is 26.7 Å². The first-order valence-corrected chi connectivity index (χ1v) is 9.94. The van der Waals surface area contributed by atoms with Crippen LogP contribution in [0.5, 0.6) is 0 Å². The van der Waals surface area contributed by atoms with E-state index in [-0.39, 0.29) is 5.54 Å². The van der Waals surface area contributed by atoms with Crippen LogP contribution in [-0.4, -0.2) is 48.1 Å². The van der Waals surface area contributed by atoms with Gasteiger partial charge in [-0.2, -0.15) is 0 Å². The van der Waals surface area contributed by atoms with E-state index in [1.807, 2.05) is 7.05 Å². The first-order valence-electron chi connectivity index (χ1n) is 9.06. The largest absolute Gasteiger partial charge is 0.355 e. The zero-order valence-electron chi connectivity index (χ0n) is 15.9. The molecular formula is C18H33N5S. The fraction of sp³-hybridized carbons (Fsp3) is 0.778. The number of piperidine rings is 1. The fourth-order valence-corrected chi connectivity index (χ4v) is 3.81. The van der Waals surface area contributed by atoms with Gasteiger partial charge in [-0.25, -0.2) is 4.98 Å². The number of guanidine groups is 1. The first kappa shape index (κ1) is 19.2. The Morgan fingerprint density at radius 2 is 2.00 bits per heavy atom. The second-order valence-electron chi connectivity index (χ2n) is 7.47. The van der Waals surface area contributed by atoms with Crippen LogP contribution in [0.2, 0.25) is 0 Å². The van der Waals surface area contributed by atoms with Gasteiger partial charge in [-0.1, -0.05) is 20.3 Å². The van der Waals surface area contributed by atoms with Crippen LogP contribution in [0, 0.1) is 0 Å². The summed E-state index contributed by atoms with van der Waals surface area (Å²) in [6, 6.07) is 0. The Hall–Kier alpha value is -1.14. The van der Waals surface area contributed by atoms with Gasteiger partial charge in [-0.15, -0.1) is 11.3 Å². The molecule has 136 valence electrons. The molecule has 1 fully saturated rings. The van der Waals surface area contributed by atoms with E-state index in [2.05, 4.69) is 58.6 Å². The van der Waals surface area contributed by atoms with Crippen LogP contribution in [0.1, 0.15) is 63.6 Å².